The maximum atomic E-state index is 5.27. The summed E-state index contributed by atoms with van der Waals surface area (Å²) in [4.78, 5) is 25.8. The summed E-state index contributed by atoms with van der Waals surface area (Å²) < 4.78 is 4.56. The third kappa shape index (κ3) is 7.48. The van der Waals surface area contributed by atoms with E-state index in [0.717, 1.165) is 112 Å². The molecule has 0 atom stereocenters. The van der Waals surface area contributed by atoms with Crippen LogP contribution in [0.5, 0.6) is 0 Å². The molecule has 0 unspecified atom stereocenters. The molecule has 13 rings (SSSR count). The van der Waals surface area contributed by atoms with E-state index in [1.165, 1.54) is 0 Å². The molecule has 0 aliphatic carbocycles. The number of hydrogen-bond donors (Lipinski definition) is 0. The highest BCUT2D eigenvalue weighted by Crippen LogP contribution is 2.38. The number of aromatic nitrogens is 7. The van der Waals surface area contributed by atoms with Gasteiger partial charge in [0, 0.05) is 33.4 Å². The summed E-state index contributed by atoms with van der Waals surface area (Å²) in [5.41, 5.74) is 18.7. The molecule has 0 aliphatic rings. The first-order chi connectivity index (χ1) is 34.7. The second-order valence-corrected chi connectivity index (χ2v) is 17.4. The average molecular weight is 896 g/mol. The Labute approximate surface area is 404 Å². The molecule has 0 saturated carbocycles. The van der Waals surface area contributed by atoms with Crippen LogP contribution < -0.4 is 0 Å². The topological polar surface area (TPSA) is 73.8 Å². The minimum absolute atomic E-state index is 0.678. The first kappa shape index (κ1) is 40.7. The van der Waals surface area contributed by atoms with Crippen molar-refractivity contribution in [2.75, 3.05) is 0 Å². The molecular weight excluding hydrogens is 855 g/mol. The summed E-state index contributed by atoms with van der Waals surface area (Å²) in [6.07, 6.45) is 0. The third-order valence-electron chi connectivity index (χ3n) is 12.9. The Balaban J connectivity index is 1.00. The number of rotatable bonds is 9. The maximum Gasteiger partial charge on any atom is 0.220 e. The molecule has 70 heavy (non-hydrogen) atoms. The van der Waals surface area contributed by atoms with Gasteiger partial charge in [0.2, 0.25) is 5.78 Å². The molecular formula is C63H41N7. The third-order valence-corrected chi connectivity index (χ3v) is 12.9. The largest absolute Gasteiger partial charge is 0.278 e. The average Bonchev–Trinajstić information content (AvgIpc) is 3.98. The molecule has 0 N–H and O–H groups in total. The van der Waals surface area contributed by atoms with Crippen LogP contribution in [0.25, 0.3) is 124 Å². The smallest absolute Gasteiger partial charge is 0.220 e. The van der Waals surface area contributed by atoms with Gasteiger partial charge in [-0.15, -0.1) is 0 Å². The van der Waals surface area contributed by atoms with E-state index < -0.39 is 0 Å². The summed E-state index contributed by atoms with van der Waals surface area (Å²) in [5, 5.41) is 0. The Morgan fingerprint density at radius 2 is 0.614 bits per heavy atom. The number of imidazole rings is 2. The lowest BCUT2D eigenvalue weighted by molar-refractivity contribution is 1.11. The van der Waals surface area contributed by atoms with Crippen LogP contribution in [0.15, 0.2) is 249 Å². The van der Waals surface area contributed by atoms with Crippen LogP contribution in [0.4, 0.5) is 0 Å². The second-order valence-electron chi connectivity index (χ2n) is 17.4. The fraction of sp³-hybridized carbons (Fsp3) is 0. The Hall–Kier alpha value is -9.59. The molecule has 0 aliphatic heterocycles. The molecule has 4 aromatic heterocycles. The van der Waals surface area contributed by atoms with E-state index in [1.807, 2.05) is 78.9 Å². The van der Waals surface area contributed by atoms with E-state index in [4.69, 9.17) is 24.9 Å². The van der Waals surface area contributed by atoms with Crippen LogP contribution in [0.2, 0.25) is 0 Å². The summed E-state index contributed by atoms with van der Waals surface area (Å²) >= 11 is 0. The fourth-order valence-corrected chi connectivity index (χ4v) is 9.53. The molecule has 9 aromatic carbocycles. The molecule has 0 saturated heterocycles. The van der Waals surface area contributed by atoms with E-state index in [1.54, 1.807) is 0 Å². The molecule has 7 heteroatoms. The van der Waals surface area contributed by atoms with Crippen LogP contribution in [0, 0.1) is 0 Å². The van der Waals surface area contributed by atoms with Gasteiger partial charge in [0.25, 0.3) is 0 Å². The molecule has 4 heterocycles. The summed E-state index contributed by atoms with van der Waals surface area (Å²) in [5.74, 6) is 2.20. The van der Waals surface area contributed by atoms with E-state index in [9.17, 15) is 0 Å². The first-order valence-corrected chi connectivity index (χ1v) is 23.4. The predicted octanol–water partition coefficient (Wildman–Crippen LogP) is 15.3. The van der Waals surface area contributed by atoms with Gasteiger partial charge in [-0.05, 0) is 89.0 Å². The number of benzene rings is 9. The van der Waals surface area contributed by atoms with Crippen LogP contribution >= 0.6 is 0 Å². The molecule has 0 fully saturated rings. The minimum Gasteiger partial charge on any atom is -0.278 e. The summed E-state index contributed by atoms with van der Waals surface area (Å²) in [7, 11) is 0. The van der Waals surface area contributed by atoms with Crippen molar-refractivity contribution in [3.05, 3.63) is 249 Å². The van der Waals surface area contributed by atoms with Gasteiger partial charge in [-0.3, -0.25) is 8.97 Å². The number of hydrogen-bond acceptors (Lipinski definition) is 5. The van der Waals surface area contributed by atoms with Crippen molar-refractivity contribution in [2.45, 2.75) is 0 Å². The normalized spacial score (nSPS) is 11.4. The monoisotopic (exact) mass is 895 g/mol. The Morgan fingerprint density at radius 3 is 1.11 bits per heavy atom. The lowest BCUT2D eigenvalue weighted by Crippen LogP contribution is -1.98. The molecule has 7 nitrogen and oxygen atoms in total. The van der Waals surface area contributed by atoms with Crippen molar-refractivity contribution in [1.29, 1.82) is 0 Å². The molecule has 0 bridgehead atoms. The zero-order valence-corrected chi connectivity index (χ0v) is 37.8. The van der Waals surface area contributed by atoms with Gasteiger partial charge in [0.05, 0.1) is 50.5 Å². The first-order valence-electron chi connectivity index (χ1n) is 23.4. The van der Waals surface area contributed by atoms with Crippen LogP contribution in [-0.4, -0.2) is 33.9 Å². The van der Waals surface area contributed by atoms with E-state index in [0.29, 0.717) is 11.6 Å². The Kier molecular flexibility index (Phi) is 10.0. The molecule has 0 spiro atoms. The van der Waals surface area contributed by atoms with Gasteiger partial charge < -0.3 is 0 Å². The van der Waals surface area contributed by atoms with E-state index >= 15 is 0 Å². The molecule has 328 valence electrons. The van der Waals surface area contributed by atoms with Crippen molar-refractivity contribution in [3.8, 4) is 95.7 Å². The zero-order valence-electron chi connectivity index (χ0n) is 37.8. The van der Waals surface area contributed by atoms with Gasteiger partial charge in [-0.25, -0.2) is 24.9 Å². The fourth-order valence-electron chi connectivity index (χ4n) is 9.53. The van der Waals surface area contributed by atoms with Crippen molar-refractivity contribution >= 4 is 27.8 Å². The second kappa shape index (κ2) is 17.2. The zero-order chi connectivity index (χ0) is 46.4. The maximum absolute atomic E-state index is 5.27. The number of para-hydroxylation sites is 4. The standard InChI is InChI=1S/C63H41N7/c1-5-19-42(20-6-1)54-40-56(66-61(64-54)44-23-9-3-10-24-44)48-29-17-27-46(35-48)50-37-51(39-52(38-50)69-59-33-15-16-34-60(59)70-58-32-14-13-31-53(58)68-63(69)70)47-28-18-30-49(36-47)57-41-55(43-21-7-2-8-22-43)65-62(67-57)45-25-11-4-12-26-45/h1-41H. The van der Waals surface area contributed by atoms with Crippen LogP contribution in [0.1, 0.15) is 0 Å². The summed E-state index contributed by atoms with van der Waals surface area (Å²) in [6, 6.07) is 86.4. The van der Waals surface area contributed by atoms with Crippen molar-refractivity contribution in [2.24, 2.45) is 0 Å². The molecule has 0 radical (unpaired) electrons. The lowest BCUT2D eigenvalue weighted by atomic mass is 9.95. The molecule has 13 aromatic rings. The van der Waals surface area contributed by atoms with Gasteiger partial charge >= 0.3 is 0 Å². The highest BCUT2D eigenvalue weighted by atomic mass is 15.2. The van der Waals surface area contributed by atoms with Crippen LogP contribution in [0.3, 0.4) is 0 Å². The summed E-state index contributed by atoms with van der Waals surface area (Å²) in [6.45, 7) is 0. The highest BCUT2D eigenvalue weighted by Gasteiger charge is 2.20. The van der Waals surface area contributed by atoms with Crippen molar-refractivity contribution < 1.29 is 0 Å². The number of fused-ring (bicyclic) bond motifs is 5. The predicted molar refractivity (Wildman–Crippen MR) is 284 cm³/mol. The Morgan fingerprint density at radius 1 is 0.243 bits per heavy atom. The van der Waals surface area contributed by atoms with Crippen LogP contribution in [-0.2, 0) is 0 Å². The quantitative estimate of drug-likeness (QED) is 0.144. The van der Waals surface area contributed by atoms with Crippen molar-refractivity contribution in [3.63, 3.8) is 0 Å². The highest BCUT2D eigenvalue weighted by molar-refractivity contribution is 5.93. The van der Waals surface area contributed by atoms with Crippen molar-refractivity contribution in [1.82, 2.24) is 33.9 Å². The Bertz CT molecular complexity index is 3750. The van der Waals surface area contributed by atoms with Gasteiger partial charge in [-0.1, -0.05) is 182 Å². The molecule has 0 amide bonds. The van der Waals surface area contributed by atoms with E-state index in [-0.39, 0.29) is 0 Å². The lowest BCUT2D eigenvalue weighted by Gasteiger charge is -2.15. The number of nitrogens with zero attached hydrogens (tertiary/aromatic N) is 7. The van der Waals surface area contributed by atoms with Gasteiger partial charge in [0.1, 0.15) is 0 Å². The van der Waals surface area contributed by atoms with Gasteiger partial charge in [-0.2, -0.15) is 0 Å². The minimum atomic E-state index is 0.678. The van der Waals surface area contributed by atoms with Gasteiger partial charge in [0.15, 0.2) is 11.6 Å². The SMILES string of the molecule is c1ccc(-c2cc(-c3cccc(-c4cc(-c5cccc(-c6cc(-c7ccccc7)nc(-c7ccccc7)n6)c5)cc(-n5c6ccccc6n6c7ccccc7nc56)c4)c3)nc(-c3ccccc3)n2)cc1. The van der Waals surface area contributed by atoms with E-state index in [2.05, 4.69) is 179 Å².